The van der Waals surface area contributed by atoms with E-state index in [1.54, 1.807) is 30.3 Å². The molecule has 3 aromatic carbocycles. The standard InChI is InChI=1S/C17H10BrF3O3.C9H7BrO2/c18-12-3-6-14-15(8-12)23-9-11(16(14)22)7-10-1-4-13(5-2-10)24-17(19,20)21;10-6-1-2-7-8(11)3-4-12-9(7)5-6/h1-8H,9H2;1-2,5H,3-4H2. The van der Waals surface area contributed by atoms with E-state index < -0.39 is 6.36 Å². The lowest BCUT2D eigenvalue weighted by atomic mass is 9.98. The number of hydrogen-bond donors (Lipinski definition) is 0. The van der Waals surface area contributed by atoms with Crippen molar-refractivity contribution in [1.29, 1.82) is 0 Å². The summed E-state index contributed by atoms with van der Waals surface area (Å²) in [7, 11) is 0. The third kappa shape index (κ3) is 6.55. The van der Waals surface area contributed by atoms with Crippen LogP contribution in [0.3, 0.4) is 0 Å². The van der Waals surface area contributed by atoms with Crippen LogP contribution < -0.4 is 14.2 Å². The Balaban J connectivity index is 0.000000211. The van der Waals surface area contributed by atoms with Crippen molar-refractivity contribution in [2.24, 2.45) is 0 Å². The summed E-state index contributed by atoms with van der Waals surface area (Å²) in [5.41, 5.74) is 2.16. The summed E-state index contributed by atoms with van der Waals surface area (Å²) in [6.07, 6.45) is -2.65. The average Bonchev–Trinajstić information content (AvgIpc) is 2.81. The lowest BCUT2D eigenvalue weighted by Crippen LogP contribution is -2.19. The zero-order valence-electron chi connectivity index (χ0n) is 18.4. The van der Waals surface area contributed by atoms with Gasteiger partial charge in [0.2, 0.25) is 0 Å². The van der Waals surface area contributed by atoms with E-state index in [9.17, 15) is 22.8 Å². The van der Waals surface area contributed by atoms with Gasteiger partial charge in [-0.1, -0.05) is 44.0 Å². The van der Waals surface area contributed by atoms with Gasteiger partial charge in [-0.3, -0.25) is 9.59 Å². The topological polar surface area (TPSA) is 61.8 Å². The van der Waals surface area contributed by atoms with Crippen LogP contribution in [0.25, 0.3) is 6.08 Å². The Labute approximate surface area is 221 Å². The molecule has 3 aromatic rings. The summed E-state index contributed by atoms with van der Waals surface area (Å²) in [5, 5.41) is 0. The molecule has 0 N–H and O–H groups in total. The Bertz CT molecular complexity index is 1330. The lowest BCUT2D eigenvalue weighted by molar-refractivity contribution is -0.274. The van der Waals surface area contributed by atoms with Crippen LogP contribution in [0, 0.1) is 0 Å². The molecule has 0 bridgehead atoms. The third-order valence-corrected chi connectivity index (χ3v) is 6.13. The number of alkyl halides is 3. The molecule has 0 saturated carbocycles. The molecule has 0 radical (unpaired) electrons. The molecular weight excluding hydrogens is 609 g/mol. The van der Waals surface area contributed by atoms with Gasteiger partial charge < -0.3 is 14.2 Å². The first kappa shape index (κ1) is 26.0. The smallest absolute Gasteiger partial charge is 0.492 e. The Morgan fingerprint density at radius 2 is 1.44 bits per heavy atom. The Hall–Kier alpha value is -3.11. The second-order valence-corrected chi connectivity index (χ2v) is 9.54. The predicted molar refractivity (Wildman–Crippen MR) is 134 cm³/mol. The number of ether oxygens (including phenoxy) is 3. The van der Waals surface area contributed by atoms with Gasteiger partial charge in [0.15, 0.2) is 11.6 Å². The minimum absolute atomic E-state index is 0.100. The van der Waals surface area contributed by atoms with Crippen molar-refractivity contribution < 1.29 is 37.0 Å². The van der Waals surface area contributed by atoms with Gasteiger partial charge in [-0.2, -0.15) is 0 Å². The van der Waals surface area contributed by atoms with E-state index in [0.717, 1.165) is 8.95 Å². The Kier molecular flexibility index (Phi) is 7.85. The van der Waals surface area contributed by atoms with Crippen LogP contribution in [-0.2, 0) is 0 Å². The summed E-state index contributed by atoms with van der Waals surface area (Å²) < 4.78 is 52.8. The zero-order chi connectivity index (χ0) is 25.9. The van der Waals surface area contributed by atoms with E-state index in [4.69, 9.17) is 9.47 Å². The molecule has 0 amide bonds. The van der Waals surface area contributed by atoms with Crippen LogP contribution in [0.4, 0.5) is 13.2 Å². The molecule has 186 valence electrons. The van der Waals surface area contributed by atoms with E-state index in [1.807, 2.05) is 12.1 Å². The highest BCUT2D eigenvalue weighted by Gasteiger charge is 2.31. The van der Waals surface area contributed by atoms with Crippen LogP contribution in [0.1, 0.15) is 32.7 Å². The lowest BCUT2D eigenvalue weighted by Gasteiger charge is -2.19. The van der Waals surface area contributed by atoms with Crippen LogP contribution >= 0.6 is 31.9 Å². The fraction of sp³-hybridized carbons (Fsp3) is 0.154. The van der Waals surface area contributed by atoms with Crippen molar-refractivity contribution in [2.75, 3.05) is 13.2 Å². The summed E-state index contributed by atoms with van der Waals surface area (Å²) >= 11 is 6.63. The number of fused-ring (bicyclic) bond motifs is 2. The summed E-state index contributed by atoms with van der Waals surface area (Å²) in [5.74, 6) is 0.884. The number of carbonyl (C=O) groups is 2. The van der Waals surface area contributed by atoms with Gasteiger partial charge in [0.05, 0.1) is 17.7 Å². The molecule has 2 aliphatic heterocycles. The maximum Gasteiger partial charge on any atom is 0.573 e. The maximum atomic E-state index is 12.4. The monoisotopic (exact) mass is 624 g/mol. The predicted octanol–water partition coefficient (Wildman–Crippen LogP) is 7.42. The highest BCUT2D eigenvalue weighted by Crippen LogP contribution is 2.31. The SMILES string of the molecule is O=C1C(=Cc2ccc(OC(F)(F)F)cc2)COc2cc(Br)ccc21.O=C1CCOc2cc(Br)ccc21. The van der Waals surface area contributed by atoms with Crippen molar-refractivity contribution in [3.63, 3.8) is 0 Å². The van der Waals surface area contributed by atoms with E-state index in [0.29, 0.717) is 46.8 Å². The molecule has 10 heteroatoms. The summed E-state index contributed by atoms with van der Waals surface area (Å²) in [6.45, 7) is 0.603. The number of benzene rings is 3. The van der Waals surface area contributed by atoms with Crippen LogP contribution in [0.15, 0.2) is 75.2 Å². The number of rotatable bonds is 2. The van der Waals surface area contributed by atoms with Gasteiger partial charge in [-0.15, -0.1) is 13.2 Å². The van der Waals surface area contributed by atoms with Crippen molar-refractivity contribution in [3.8, 4) is 17.2 Å². The molecule has 0 saturated heterocycles. The van der Waals surface area contributed by atoms with Gasteiger partial charge in [0.25, 0.3) is 0 Å². The van der Waals surface area contributed by atoms with Gasteiger partial charge in [-0.05, 0) is 60.2 Å². The molecule has 0 aliphatic carbocycles. The molecule has 2 aliphatic rings. The largest absolute Gasteiger partial charge is 0.573 e. The number of ketones is 2. The molecule has 0 atom stereocenters. The molecule has 2 heterocycles. The normalized spacial score (nSPS) is 15.6. The molecule has 0 spiro atoms. The molecule has 36 heavy (non-hydrogen) atoms. The van der Waals surface area contributed by atoms with Crippen molar-refractivity contribution in [1.82, 2.24) is 0 Å². The first-order chi connectivity index (χ1) is 17.1. The number of carbonyl (C=O) groups excluding carboxylic acids is 2. The first-order valence-corrected chi connectivity index (χ1v) is 12.2. The first-order valence-electron chi connectivity index (χ1n) is 10.6. The fourth-order valence-corrected chi connectivity index (χ4v) is 4.19. The van der Waals surface area contributed by atoms with Crippen LogP contribution in [-0.4, -0.2) is 31.1 Å². The van der Waals surface area contributed by atoms with E-state index >= 15 is 0 Å². The Morgan fingerprint density at radius 1 is 0.833 bits per heavy atom. The second kappa shape index (κ2) is 10.9. The maximum absolute atomic E-state index is 12.4. The molecule has 0 unspecified atom stereocenters. The molecule has 0 fully saturated rings. The molecular formula is C26H17Br2F3O5. The zero-order valence-corrected chi connectivity index (χ0v) is 21.6. The quantitative estimate of drug-likeness (QED) is 0.277. The fourth-order valence-electron chi connectivity index (χ4n) is 3.51. The second-order valence-electron chi connectivity index (χ2n) is 7.71. The summed E-state index contributed by atoms with van der Waals surface area (Å²) in [4.78, 5) is 23.8. The Morgan fingerprint density at radius 3 is 2.08 bits per heavy atom. The number of halogens is 5. The third-order valence-electron chi connectivity index (χ3n) is 5.15. The molecule has 5 nitrogen and oxygen atoms in total. The van der Waals surface area contributed by atoms with Gasteiger partial charge in [0.1, 0.15) is 23.9 Å². The van der Waals surface area contributed by atoms with E-state index in [2.05, 4.69) is 36.6 Å². The van der Waals surface area contributed by atoms with Gasteiger partial charge >= 0.3 is 6.36 Å². The van der Waals surface area contributed by atoms with Gasteiger partial charge in [0, 0.05) is 20.9 Å². The number of hydrogen-bond acceptors (Lipinski definition) is 5. The van der Waals surface area contributed by atoms with Crippen molar-refractivity contribution in [2.45, 2.75) is 12.8 Å². The van der Waals surface area contributed by atoms with Gasteiger partial charge in [-0.25, -0.2) is 0 Å². The highest BCUT2D eigenvalue weighted by molar-refractivity contribution is 9.10. The highest BCUT2D eigenvalue weighted by atomic mass is 79.9. The van der Waals surface area contributed by atoms with E-state index in [1.165, 1.54) is 24.3 Å². The molecule has 5 rings (SSSR count). The van der Waals surface area contributed by atoms with Crippen molar-refractivity contribution in [3.05, 3.63) is 91.9 Å². The molecule has 0 aromatic heterocycles. The average molecular weight is 626 g/mol. The minimum Gasteiger partial charge on any atom is -0.492 e. The van der Waals surface area contributed by atoms with Crippen LogP contribution in [0.5, 0.6) is 17.2 Å². The number of Topliss-reactive ketones (excluding diaryl/α,β-unsaturated/α-hetero) is 2. The summed E-state index contributed by atoms with van der Waals surface area (Å²) in [6, 6.07) is 15.9. The van der Waals surface area contributed by atoms with Crippen molar-refractivity contribution >= 4 is 49.5 Å². The van der Waals surface area contributed by atoms with E-state index in [-0.39, 0.29) is 23.9 Å². The van der Waals surface area contributed by atoms with Crippen LogP contribution in [0.2, 0.25) is 0 Å². The minimum atomic E-state index is -4.73.